The Hall–Kier alpha value is -0.620. The van der Waals surface area contributed by atoms with E-state index in [2.05, 4.69) is 6.92 Å². The molecular formula is C18H34O5. The minimum absolute atomic E-state index is 0.0770. The van der Waals surface area contributed by atoms with Crippen LogP contribution in [0.4, 0.5) is 0 Å². The SMILES string of the molecule is CCCCCCCCCC/C=C/O[C@@H](CO)[C@@H]1OC[C@@H](O)[C@@H]1O. The molecule has 1 heterocycles. The number of hydrogen-bond acceptors (Lipinski definition) is 5. The van der Waals surface area contributed by atoms with Gasteiger partial charge in [0.15, 0.2) is 0 Å². The molecule has 3 N–H and O–H groups in total. The maximum Gasteiger partial charge on any atom is 0.149 e. The molecule has 0 radical (unpaired) electrons. The molecule has 0 aromatic heterocycles. The molecule has 4 atom stereocenters. The van der Waals surface area contributed by atoms with E-state index >= 15 is 0 Å². The van der Waals surface area contributed by atoms with Crippen molar-refractivity contribution in [2.45, 2.75) is 89.1 Å². The molecule has 0 bridgehead atoms. The third kappa shape index (κ3) is 8.15. The molecule has 0 aromatic rings. The van der Waals surface area contributed by atoms with Crippen molar-refractivity contribution in [3.8, 4) is 0 Å². The van der Waals surface area contributed by atoms with Crippen molar-refractivity contribution >= 4 is 0 Å². The lowest BCUT2D eigenvalue weighted by atomic mass is 10.1. The van der Waals surface area contributed by atoms with E-state index in [0.29, 0.717) is 0 Å². The van der Waals surface area contributed by atoms with Crippen LogP contribution in [0.3, 0.4) is 0 Å². The van der Waals surface area contributed by atoms with Gasteiger partial charge in [0.1, 0.15) is 24.4 Å². The minimum Gasteiger partial charge on any atom is -0.493 e. The summed E-state index contributed by atoms with van der Waals surface area (Å²) in [7, 11) is 0. The molecule has 0 aromatic carbocycles. The Balaban J connectivity index is 2.04. The summed E-state index contributed by atoms with van der Waals surface area (Å²) >= 11 is 0. The summed E-state index contributed by atoms with van der Waals surface area (Å²) in [6, 6.07) is 0. The van der Waals surface area contributed by atoms with Gasteiger partial charge in [-0.15, -0.1) is 0 Å². The maximum atomic E-state index is 9.75. The Morgan fingerprint density at radius 1 is 1.09 bits per heavy atom. The van der Waals surface area contributed by atoms with Crippen LogP contribution >= 0.6 is 0 Å². The molecule has 136 valence electrons. The molecule has 0 aliphatic carbocycles. The molecule has 1 saturated heterocycles. The highest BCUT2D eigenvalue weighted by atomic mass is 16.6. The smallest absolute Gasteiger partial charge is 0.149 e. The van der Waals surface area contributed by atoms with E-state index in [1.165, 1.54) is 44.9 Å². The van der Waals surface area contributed by atoms with E-state index in [0.717, 1.165) is 12.8 Å². The molecular weight excluding hydrogens is 296 g/mol. The Morgan fingerprint density at radius 3 is 2.30 bits per heavy atom. The fourth-order valence-corrected chi connectivity index (χ4v) is 2.80. The zero-order valence-electron chi connectivity index (χ0n) is 14.4. The van der Waals surface area contributed by atoms with E-state index < -0.39 is 24.4 Å². The molecule has 23 heavy (non-hydrogen) atoms. The molecule has 5 nitrogen and oxygen atoms in total. The average molecular weight is 330 g/mol. The maximum absolute atomic E-state index is 9.75. The van der Waals surface area contributed by atoms with Crippen LogP contribution < -0.4 is 0 Å². The van der Waals surface area contributed by atoms with Crippen LogP contribution in [0, 0.1) is 0 Å². The molecule has 0 amide bonds. The normalized spacial score (nSPS) is 26.0. The van der Waals surface area contributed by atoms with E-state index in [-0.39, 0.29) is 13.2 Å². The van der Waals surface area contributed by atoms with Gasteiger partial charge in [0.25, 0.3) is 0 Å². The number of ether oxygens (including phenoxy) is 2. The number of unbranched alkanes of at least 4 members (excludes halogenated alkanes) is 8. The third-order valence-corrected chi connectivity index (χ3v) is 4.31. The number of aliphatic hydroxyl groups is 3. The molecule has 0 unspecified atom stereocenters. The van der Waals surface area contributed by atoms with Gasteiger partial charge in [-0.3, -0.25) is 0 Å². The molecule has 0 saturated carbocycles. The summed E-state index contributed by atoms with van der Waals surface area (Å²) in [6.45, 7) is 2.06. The topological polar surface area (TPSA) is 79.2 Å². The first-order chi connectivity index (χ1) is 11.2. The van der Waals surface area contributed by atoms with E-state index in [4.69, 9.17) is 9.47 Å². The first-order valence-electron chi connectivity index (χ1n) is 9.09. The highest BCUT2D eigenvalue weighted by molar-refractivity contribution is 4.90. The second-order valence-electron chi connectivity index (χ2n) is 6.35. The Labute approximate surface area is 140 Å². The number of aliphatic hydroxyl groups excluding tert-OH is 3. The monoisotopic (exact) mass is 330 g/mol. The molecule has 1 aliphatic rings. The Kier molecular flexibility index (Phi) is 11.3. The van der Waals surface area contributed by atoms with Crippen molar-refractivity contribution in [1.29, 1.82) is 0 Å². The summed E-state index contributed by atoms with van der Waals surface area (Å²) in [5, 5.41) is 28.5. The van der Waals surface area contributed by atoms with Gasteiger partial charge in [-0.1, -0.05) is 51.9 Å². The minimum atomic E-state index is -1.01. The highest BCUT2D eigenvalue weighted by Crippen LogP contribution is 2.19. The van der Waals surface area contributed by atoms with Crippen molar-refractivity contribution in [2.24, 2.45) is 0 Å². The quantitative estimate of drug-likeness (QED) is 0.357. The molecule has 1 fully saturated rings. The second-order valence-corrected chi connectivity index (χ2v) is 6.35. The third-order valence-electron chi connectivity index (χ3n) is 4.31. The van der Waals surface area contributed by atoms with Gasteiger partial charge in [0.05, 0.1) is 19.5 Å². The lowest BCUT2D eigenvalue weighted by Gasteiger charge is -2.23. The van der Waals surface area contributed by atoms with Crippen LogP contribution in [0.5, 0.6) is 0 Å². The molecule has 5 heteroatoms. The van der Waals surface area contributed by atoms with E-state index in [1.807, 2.05) is 6.08 Å². The predicted octanol–water partition coefficient (Wildman–Crippen LogP) is 2.53. The summed E-state index contributed by atoms with van der Waals surface area (Å²) in [5.41, 5.74) is 0. The van der Waals surface area contributed by atoms with Gasteiger partial charge < -0.3 is 24.8 Å². The first kappa shape index (κ1) is 20.4. The van der Waals surface area contributed by atoms with Crippen LogP contribution in [0.25, 0.3) is 0 Å². The molecule has 1 rings (SSSR count). The molecule has 0 spiro atoms. The Morgan fingerprint density at radius 2 is 1.74 bits per heavy atom. The van der Waals surface area contributed by atoms with Crippen molar-refractivity contribution < 1.29 is 24.8 Å². The first-order valence-corrected chi connectivity index (χ1v) is 9.09. The van der Waals surface area contributed by atoms with Crippen LogP contribution in [0.2, 0.25) is 0 Å². The van der Waals surface area contributed by atoms with Crippen molar-refractivity contribution in [3.05, 3.63) is 12.3 Å². The van der Waals surface area contributed by atoms with Crippen LogP contribution in [-0.4, -0.2) is 52.9 Å². The largest absolute Gasteiger partial charge is 0.493 e. The number of allylic oxidation sites excluding steroid dienone is 1. The van der Waals surface area contributed by atoms with E-state index in [9.17, 15) is 15.3 Å². The van der Waals surface area contributed by atoms with Crippen molar-refractivity contribution in [1.82, 2.24) is 0 Å². The van der Waals surface area contributed by atoms with Crippen LogP contribution in [0.15, 0.2) is 12.3 Å². The number of hydrogen-bond donors (Lipinski definition) is 3. The summed E-state index contributed by atoms with van der Waals surface area (Å²) < 4.78 is 10.7. The van der Waals surface area contributed by atoms with Gasteiger partial charge >= 0.3 is 0 Å². The van der Waals surface area contributed by atoms with Gasteiger partial charge in [-0.25, -0.2) is 0 Å². The van der Waals surface area contributed by atoms with Gasteiger partial charge in [0.2, 0.25) is 0 Å². The summed E-state index contributed by atoms with van der Waals surface area (Å²) in [6.07, 6.45) is 11.6. The van der Waals surface area contributed by atoms with Crippen LogP contribution in [0.1, 0.15) is 64.7 Å². The van der Waals surface area contributed by atoms with Gasteiger partial charge in [0, 0.05) is 0 Å². The second kappa shape index (κ2) is 12.8. The fourth-order valence-electron chi connectivity index (χ4n) is 2.80. The van der Waals surface area contributed by atoms with Crippen molar-refractivity contribution in [2.75, 3.05) is 13.2 Å². The van der Waals surface area contributed by atoms with Gasteiger partial charge in [-0.2, -0.15) is 0 Å². The predicted molar refractivity (Wildman–Crippen MR) is 90.1 cm³/mol. The van der Waals surface area contributed by atoms with E-state index in [1.54, 1.807) is 6.26 Å². The number of rotatable bonds is 13. The summed E-state index contributed by atoms with van der Waals surface area (Å²) in [5.74, 6) is 0. The highest BCUT2D eigenvalue weighted by Gasteiger charge is 2.40. The van der Waals surface area contributed by atoms with Gasteiger partial charge in [-0.05, 0) is 18.9 Å². The standard InChI is InChI=1S/C18H34O5/c1-2-3-4-5-6-7-8-9-10-11-12-22-16(13-19)18-17(21)15(20)14-23-18/h11-12,15-21H,2-10,13-14H2,1H3/b12-11+/t15-,16+,17+,18+/m1/s1. The zero-order valence-corrected chi connectivity index (χ0v) is 14.4. The fraction of sp³-hybridized carbons (Fsp3) is 0.889. The lowest BCUT2D eigenvalue weighted by Crippen LogP contribution is -2.41. The molecule has 1 aliphatic heterocycles. The van der Waals surface area contributed by atoms with Crippen molar-refractivity contribution in [3.63, 3.8) is 0 Å². The average Bonchev–Trinajstić information content (AvgIpc) is 2.88. The zero-order chi connectivity index (χ0) is 16.9. The lowest BCUT2D eigenvalue weighted by molar-refractivity contribution is -0.0737. The Bertz CT molecular complexity index is 308. The van der Waals surface area contributed by atoms with Crippen LogP contribution in [-0.2, 0) is 9.47 Å². The summed E-state index contributed by atoms with van der Waals surface area (Å²) in [4.78, 5) is 0.